The Kier molecular flexibility index (Phi) is 6.94. The minimum absolute atomic E-state index is 0.256. The van der Waals surface area contributed by atoms with Gasteiger partial charge in [-0.25, -0.2) is 0 Å². The average Bonchev–Trinajstić information content (AvgIpc) is 2.32. The van der Waals surface area contributed by atoms with Gasteiger partial charge in [-0.05, 0) is 32.9 Å². The fraction of sp³-hybridized carbons (Fsp3) is 0.600. The molecular weight excluding hydrogens is 226 g/mol. The molecule has 1 rings (SSSR count). The summed E-state index contributed by atoms with van der Waals surface area (Å²) in [6.45, 7) is 6.46. The van der Waals surface area contributed by atoms with E-state index in [9.17, 15) is 0 Å². The lowest BCUT2D eigenvalue weighted by molar-refractivity contribution is 0.0889. The van der Waals surface area contributed by atoms with Gasteiger partial charge in [0, 0.05) is 20.3 Å². The van der Waals surface area contributed by atoms with Crippen LogP contribution in [0.4, 0.5) is 0 Å². The normalized spacial score (nSPS) is 12.7. The molecule has 1 unspecified atom stereocenters. The maximum atomic E-state index is 5.68. The van der Waals surface area contributed by atoms with E-state index >= 15 is 0 Å². The van der Waals surface area contributed by atoms with Crippen LogP contribution in [0.1, 0.15) is 29.2 Å². The summed E-state index contributed by atoms with van der Waals surface area (Å²) < 4.78 is 10.7. The van der Waals surface area contributed by atoms with Crippen molar-refractivity contribution in [3.8, 4) is 0 Å². The molecule has 102 valence electrons. The Morgan fingerprint density at radius 1 is 1.11 bits per heavy atom. The molecule has 18 heavy (non-hydrogen) atoms. The molecule has 0 spiro atoms. The molecule has 0 fully saturated rings. The van der Waals surface area contributed by atoms with Gasteiger partial charge in [-0.3, -0.25) is 0 Å². The van der Waals surface area contributed by atoms with Gasteiger partial charge < -0.3 is 14.8 Å². The number of methoxy groups -OCH3 is 1. The summed E-state index contributed by atoms with van der Waals surface area (Å²) in [6, 6.07) is 6.88. The van der Waals surface area contributed by atoms with Crippen LogP contribution >= 0.6 is 0 Å². The lowest BCUT2D eigenvalue weighted by Gasteiger charge is -2.18. The third-order valence-electron chi connectivity index (χ3n) is 2.92. The van der Waals surface area contributed by atoms with Crippen molar-refractivity contribution in [3.63, 3.8) is 0 Å². The van der Waals surface area contributed by atoms with Crippen LogP contribution in [0.3, 0.4) is 0 Å². The van der Waals surface area contributed by atoms with Gasteiger partial charge in [0.25, 0.3) is 0 Å². The molecule has 0 bridgehead atoms. The Labute approximate surface area is 110 Å². The predicted octanol–water partition coefficient (Wildman–Crippen LogP) is 2.62. The fourth-order valence-corrected chi connectivity index (χ4v) is 2.06. The first-order valence-corrected chi connectivity index (χ1v) is 6.49. The number of benzene rings is 1. The van der Waals surface area contributed by atoms with E-state index in [1.54, 1.807) is 7.11 Å². The first-order chi connectivity index (χ1) is 8.67. The van der Waals surface area contributed by atoms with Crippen LogP contribution in [0.25, 0.3) is 0 Å². The van der Waals surface area contributed by atoms with Gasteiger partial charge in [0.15, 0.2) is 0 Å². The van der Waals surface area contributed by atoms with Crippen molar-refractivity contribution >= 4 is 0 Å². The average molecular weight is 251 g/mol. The van der Waals surface area contributed by atoms with Crippen LogP contribution in [-0.4, -0.2) is 34.0 Å². The molecule has 0 saturated heterocycles. The van der Waals surface area contributed by atoms with Crippen LogP contribution in [-0.2, 0) is 9.47 Å². The highest BCUT2D eigenvalue weighted by Gasteiger charge is 2.10. The first-order valence-electron chi connectivity index (χ1n) is 6.49. The molecule has 0 aromatic heterocycles. The number of rotatable bonds is 8. The largest absolute Gasteiger partial charge is 0.385 e. The monoisotopic (exact) mass is 251 g/mol. The quantitative estimate of drug-likeness (QED) is 0.720. The van der Waals surface area contributed by atoms with Crippen molar-refractivity contribution in [2.75, 3.05) is 34.0 Å². The van der Waals surface area contributed by atoms with Crippen molar-refractivity contribution in [1.82, 2.24) is 5.32 Å². The highest BCUT2D eigenvalue weighted by atomic mass is 16.5. The predicted molar refractivity (Wildman–Crippen MR) is 75.0 cm³/mol. The van der Waals surface area contributed by atoms with E-state index in [0.29, 0.717) is 6.61 Å². The number of ether oxygens (including phenoxy) is 2. The Hall–Kier alpha value is -0.900. The lowest BCUT2D eigenvalue weighted by Crippen LogP contribution is -2.22. The van der Waals surface area contributed by atoms with Crippen LogP contribution in [0.5, 0.6) is 0 Å². The SMILES string of the molecule is CNC(COCCCOC)c1cc(C)cc(C)c1. The maximum absolute atomic E-state index is 5.68. The van der Waals surface area contributed by atoms with Crippen LogP contribution in [0.15, 0.2) is 18.2 Å². The van der Waals surface area contributed by atoms with Gasteiger partial charge in [-0.15, -0.1) is 0 Å². The van der Waals surface area contributed by atoms with Crippen LogP contribution < -0.4 is 5.32 Å². The molecule has 1 N–H and O–H groups in total. The number of likely N-dealkylation sites (N-methyl/N-ethyl adjacent to an activating group) is 1. The molecule has 0 saturated carbocycles. The van der Waals surface area contributed by atoms with Crippen molar-refractivity contribution in [1.29, 1.82) is 0 Å². The van der Waals surface area contributed by atoms with Gasteiger partial charge >= 0.3 is 0 Å². The third-order valence-corrected chi connectivity index (χ3v) is 2.92. The summed E-state index contributed by atoms with van der Waals surface area (Å²) in [5.74, 6) is 0. The van der Waals surface area contributed by atoms with Crippen molar-refractivity contribution < 1.29 is 9.47 Å². The summed E-state index contributed by atoms with van der Waals surface area (Å²) in [6.07, 6.45) is 0.944. The van der Waals surface area contributed by atoms with Crippen LogP contribution in [0, 0.1) is 13.8 Å². The maximum Gasteiger partial charge on any atom is 0.0661 e. The molecule has 0 aliphatic heterocycles. The highest BCUT2D eigenvalue weighted by molar-refractivity contribution is 5.30. The summed E-state index contributed by atoms with van der Waals surface area (Å²) in [7, 11) is 3.69. The molecule has 0 heterocycles. The fourth-order valence-electron chi connectivity index (χ4n) is 2.06. The molecule has 0 amide bonds. The van der Waals surface area contributed by atoms with E-state index in [1.807, 2.05) is 7.05 Å². The summed E-state index contributed by atoms with van der Waals surface area (Å²) >= 11 is 0. The molecule has 3 heteroatoms. The first kappa shape index (κ1) is 15.2. The number of hydrogen-bond donors (Lipinski definition) is 1. The van der Waals surface area contributed by atoms with Gasteiger partial charge in [-0.1, -0.05) is 29.3 Å². The van der Waals surface area contributed by atoms with Gasteiger partial charge in [0.05, 0.1) is 12.6 Å². The zero-order valence-electron chi connectivity index (χ0n) is 12.0. The molecular formula is C15H25NO2. The van der Waals surface area contributed by atoms with Gasteiger partial charge in [0.2, 0.25) is 0 Å². The second kappa shape index (κ2) is 8.25. The molecule has 1 aromatic rings. The third kappa shape index (κ3) is 5.17. The van der Waals surface area contributed by atoms with Crippen molar-refractivity contribution in [3.05, 3.63) is 34.9 Å². The molecule has 1 aromatic carbocycles. The van der Waals surface area contributed by atoms with E-state index < -0.39 is 0 Å². The zero-order chi connectivity index (χ0) is 13.4. The van der Waals surface area contributed by atoms with Gasteiger partial charge in [-0.2, -0.15) is 0 Å². The van der Waals surface area contributed by atoms with Crippen LogP contribution in [0.2, 0.25) is 0 Å². The Morgan fingerprint density at radius 2 is 1.78 bits per heavy atom. The van der Waals surface area contributed by atoms with E-state index in [4.69, 9.17) is 9.47 Å². The molecule has 0 radical (unpaired) electrons. The highest BCUT2D eigenvalue weighted by Crippen LogP contribution is 2.17. The Morgan fingerprint density at radius 3 is 2.33 bits per heavy atom. The van der Waals surface area contributed by atoms with E-state index in [0.717, 1.165) is 19.6 Å². The lowest BCUT2D eigenvalue weighted by atomic mass is 10.0. The van der Waals surface area contributed by atoms with E-state index in [-0.39, 0.29) is 6.04 Å². The second-order valence-corrected chi connectivity index (χ2v) is 4.68. The second-order valence-electron chi connectivity index (χ2n) is 4.68. The number of hydrogen-bond acceptors (Lipinski definition) is 3. The van der Waals surface area contributed by atoms with E-state index in [2.05, 4.69) is 37.4 Å². The van der Waals surface area contributed by atoms with Crippen molar-refractivity contribution in [2.45, 2.75) is 26.3 Å². The smallest absolute Gasteiger partial charge is 0.0661 e. The summed E-state index contributed by atoms with van der Waals surface area (Å²) in [5, 5.41) is 3.31. The minimum Gasteiger partial charge on any atom is -0.385 e. The number of aryl methyl sites for hydroxylation is 2. The minimum atomic E-state index is 0.256. The standard InChI is InChI=1S/C15H25NO2/c1-12-8-13(2)10-14(9-12)15(16-3)11-18-7-5-6-17-4/h8-10,15-16H,5-7,11H2,1-4H3. The molecule has 0 aliphatic rings. The topological polar surface area (TPSA) is 30.5 Å². The summed E-state index contributed by atoms with van der Waals surface area (Å²) in [4.78, 5) is 0. The molecule has 1 atom stereocenters. The zero-order valence-corrected chi connectivity index (χ0v) is 12.0. The summed E-state index contributed by atoms with van der Waals surface area (Å²) in [5.41, 5.74) is 3.89. The Bertz CT molecular complexity index is 332. The Balaban J connectivity index is 2.49. The van der Waals surface area contributed by atoms with Crippen molar-refractivity contribution in [2.24, 2.45) is 0 Å². The number of nitrogens with one attached hydrogen (secondary N) is 1. The van der Waals surface area contributed by atoms with Gasteiger partial charge in [0.1, 0.15) is 0 Å². The molecule has 3 nitrogen and oxygen atoms in total. The van der Waals surface area contributed by atoms with E-state index in [1.165, 1.54) is 16.7 Å². The molecule has 0 aliphatic carbocycles.